The standard InChI is InChI=1S/C13H14O/c1-2-6-11-10(5-1)9-14-13-8-4-3-7-12(11)13/h1-4,7-8,10-11H,5-6,9H2/t10-,11+/m0/s1. The second kappa shape index (κ2) is 3.16. The predicted octanol–water partition coefficient (Wildman–Crippen LogP) is 3.13. The molecule has 0 amide bonds. The number of fused-ring (bicyclic) bond motifs is 3. The second-order valence-electron chi connectivity index (χ2n) is 4.16. The zero-order valence-electron chi connectivity index (χ0n) is 8.15. The Bertz CT molecular complexity index is 367. The van der Waals surface area contributed by atoms with E-state index in [0.29, 0.717) is 11.8 Å². The van der Waals surface area contributed by atoms with Gasteiger partial charge in [0.05, 0.1) is 6.61 Å². The van der Waals surface area contributed by atoms with Crippen LogP contribution in [0.15, 0.2) is 36.4 Å². The summed E-state index contributed by atoms with van der Waals surface area (Å²) in [6.45, 7) is 0.895. The molecule has 0 spiro atoms. The third-order valence-electron chi connectivity index (χ3n) is 3.34. The second-order valence-corrected chi connectivity index (χ2v) is 4.16. The van der Waals surface area contributed by atoms with Crippen molar-refractivity contribution in [2.24, 2.45) is 5.92 Å². The van der Waals surface area contributed by atoms with Crippen LogP contribution in [-0.2, 0) is 0 Å². The molecule has 1 aliphatic heterocycles. The molecule has 1 aromatic carbocycles. The van der Waals surface area contributed by atoms with Crippen molar-refractivity contribution in [3.8, 4) is 5.75 Å². The van der Waals surface area contributed by atoms with E-state index in [2.05, 4.69) is 36.4 Å². The van der Waals surface area contributed by atoms with Crippen LogP contribution < -0.4 is 4.74 Å². The molecule has 14 heavy (non-hydrogen) atoms. The maximum Gasteiger partial charge on any atom is 0.122 e. The van der Waals surface area contributed by atoms with Crippen LogP contribution in [-0.4, -0.2) is 6.61 Å². The van der Waals surface area contributed by atoms with Gasteiger partial charge >= 0.3 is 0 Å². The average molecular weight is 186 g/mol. The summed E-state index contributed by atoms with van der Waals surface area (Å²) >= 11 is 0. The molecule has 0 aromatic heterocycles. The lowest BCUT2D eigenvalue weighted by Crippen LogP contribution is -2.26. The van der Waals surface area contributed by atoms with Crippen molar-refractivity contribution < 1.29 is 4.74 Å². The molecule has 0 bridgehead atoms. The van der Waals surface area contributed by atoms with Gasteiger partial charge in [0.2, 0.25) is 0 Å². The Kier molecular flexibility index (Phi) is 1.83. The highest BCUT2D eigenvalue weighted by atomic mass is 16.5. The molecule has 72 valence electrons. The van der Waals surface area contributed by atoms with E-state index in [9.17, 15) is 0 Å². The lowest BCUT2D eigenvalue weighted by atomic mass is 9.77. The van der Waals surface area contributed by atoms with Crippen LogP contribution in [0.2, 0.25) is 0 Å². The first-order valence-corrected chi connectivity index (χ1v) is 5.32. The van der Waals surface area contributed by atoms with Crippen LogP contribution in [0.3, 0.4) is 0 Å². The van der Waals surface area contributed by atoms with Gasteiger partial charge in [0.1, 0.15) is 5.75 Å². The third-order valence-corrected chi connectivity index (χ3v) is 3.34. The largest absolute Gasteiger partial charge is 0.493 e. The summed E-state index contributed by atoms with van der Waals surface area (Å²) in [7, 11) is 0. The third kappa shape index (κ3) is 1.16. The summed E-state index contributed by atoms with van der Waals surface area (Å²) < 4.78 is 5.76. The number of allylic oxidation sites excluding steroid dienone is 2. The fraction of sp³-hybridized carbons (Fsp3) is 0.385. The number of hydrogen-bond acceptors (Lipinski definition) is 1. The molecule has 1 aliphatic carbocycles. The molecule has 2 atom stereocenters. The van der Waals surface area contributed by atoms with Gasteiger partial charge in [0, 0.05) is 5.92 Å². The van der Waals surface area contributed by atoms with E-state index < -0.39 is 0 Å². The summed E-state index contributed by atoms with van der Waals surface area (Å²) in [5.41, 5.74) is 1.41. The Morgan fingerprint density at radius 2 is 1.93 bits per heavy atom. The molecule has 1 aromatic rings. The minimum atomic E-state index is 0.699. The number of para-hydroxylation sites is 1. The van der Waals surface area contributed by atoms with Crippen molar-refractivity contribution in [1.29, 1.82) is 0 Å². The van der Waals surface area contributed by atoms with Gasteiger partial charge in [-0.15, -0.1) is 0 Å². The molecule has 0 unspecified atom stereocenters. The maximum absolute atomic E-state index is 5.76. The Labute approximate surface area is 84.4 Å². The SMILES string of the molecule is C1=CC[C@H]2c3ccccc3OC[C@@H]2C1. The van der Waals surface area contributed by atoms with Gasteiger partial charge < -0.3 is 4.74 Å². The Morgan fingerprint density at radius 3 is 2.93 bits per heavy atom. The molecule has 2 aliphatic rings. The van der Waals surface area contributed by atoms with E-state index in [4.69, 9.17) is 4.74 Å². The molecule has 3 rings (SSSR count). The fourth-order valence-electron chi connectivity index (χ4n) is 2.55. The number of ether oxygens (including phenoxy) is 1. The van der Waals surface area contributed by atoms with E-state index in [-0.39, 0.29) is 0 Å². The molecule has 0 radical (unpaired) electrons. The predicted molar refractivity (Wildman–Crippen MR) is 56.5 cm³/mol. The van der Waals surface area contributed by atoms with Gasteiger partial charge in [-0.3, -0.25) is 0 Å². The lowest BCUT2D eigenvalue weighted by Gasteiger charge is -2.34. The molecule has 1 heterocycles. The van der Waals surface area contributed by atoms with Crippen LogP contribution in [0.4, 0.5) is 0 Å². The number of hydrogen-bond donors (Lipinski definition) is 0. The minimum absolute atomic E-state index is 0.699. The van der Waals surface area contributed by atoms with Crippen molar-refractivity contribution in [3.05, 3.63) is 42.0 Å². The average Bonchev–Trinajstić information content (AvgIpc) is 2.29. The maximum atomic E-state index is 5.76. The minimum Gasteiger partial charge on any atom is -0.493 e. The molecule has 0 N–H and O–H groups in total. The zero-order chi connectivity index (χ0) is 9.38. The highest BCUT2D eigenvalue weighted by molar-refractivity contribution is 5.39. The van der Waals surface area contributed by atoms with Gasteiger partial charge in [-0.05, 0) is 30.4 Å². The van der Waals surface area contributed by atoms with Gasteiger partial charge in [0.25, 0.3) is 0 Å². The van der Waals surface area contributed by atoms with Gasteiger partial charge in [-0.1, -0.05) is 30.4 Å². The molecule has 0 saturated heterocycles. The van der Waals surface area contributed by atoms with Crippen molar-refractivity contribution in [3.63, 3.8) is 0 Å². The molecular weight excluding hydrogens is 172 g/mol. The molecule has 0 fully saturated rings. The summed E-state index contributed by atoms with van der Waals surface area (Å²) in [5.74, 6) is 2.50. The summed E-state index contributed by atoms with van der Waals surface area (Å²) in [6, 6.07) is 8.47. The normalized spacial score (nSPS) is 28.9. The Balaban J connectivity index is 2.04. The lowest BCUT2D eigenvalue weighted by molar-refractivity contribution is 0.190. The monoisotopic (exact) mass is 186 g/mol. The first kappa shape index (κ1) is 8.10. The van der Waals surface area contributed by atoms with Gasteiger partial charge in [-0.25, -0.2) is 0 Å². The topological polar surface area (TPSA) is 9.23 Å². The van der Waals surface area contributed by atoms with E-state index >= 15 is 0 Å². The van der Waals surface area contributed by atoms with Gasteiger partial charge in [-0.2, -0.15) is 0 Å². The first-order chi connectivity index (χ1) is 6.95. The highest BCUT2D eigenvalue weighted by Crippen LogP contribution is 2.42. The molecule has 0 saturated carbocycles. The Hall–Kier alpha value is -1.24. The zero-order valence-corrected chi connectivity index (χ0v) is 8.15. The van der Waals surface area contributed by atoms with Crippen LogP contribution in [0, 0.1) is 5.92 Å². The number of benzene rings is 1. The van der Waals surface area contributed by atoms with Crippen molar-refractivity contribution in [1.82, 2.24) is 0 Å². The summed E-state index contributed by atoms with van der Waals surface area (Å²) in [4.78, 5) is 0. The van der Waals surface area contributed by atoms with E-state index in [1.807, 2.05) is 0 Å². The molecule has 1 nitrogen and oxygen atoms in total. The highest BCUT2D eigenvalue weighted by Gasteiger charge is 2.30. The quantitative estimate of drug-likeness (QED) is 0.566. The van der Waals surface area contributed by atoms with Crippen molar-refractivity contribution in [2.45, 2.75) is 18.8 Å². The van der Waals surface area contributed by atoms with E-state index in [1.165, 1.54) is 18.4 Å². The smallest absolute Gasteiger partial charge is 0.122 e. The van der Waals surface area contributed by atoms with Crippen LogP contribution in [0.1, 0.15) is 24.3 Å². The molecular formula is C13H14O. The van der Waals surface area contributed by atoms with Crippen LogP contribution >= 0.6 is 0 Å². The van der Waals surface area contributed by atoms with Gasteiger partial charge in [0.15, 0.2) is 0 Å². The first-order valence-electron chi connectivity index (χ1n) is 5.32. The Morgan fingerprint density at radius 1 is 1.07 bits per heavy atom. The van der Waals surface area contributed by atoms with Crippen molar-refractivity contribution >= 4 is 0 Å². The van der Waals surface area contributed by atoms with Crippen molar-refractivity contribution in [2.75, 3.05) is 6.61 Å². The number of rotatable bonds is 0. The fourth-order valence-corrected chi connectivity index (χ4v) is 2.55. The van der Waals surface area contributed by atoms with Crippen LogP contribution in [0.5, 0.6) is 5.75 Å². The molecule has 1 heteroatoms. The van der Waals surface area contributed by atoms with Crippen LogP contribution in [0.25, 0.3) is 0 Å². The van der Waals surface area contributed by atoms with E-state index in [0.717, 1.165) is 12.4 Å². The van der Waals surface area contributed by atoms with E-state index in [1.54, 1.807) is 0 Å². The summed E-state index contributed by atoms with van der Waals surface area (Å²) in [5, 5.41) is 0. The summed E-state index contributed by atoms with van der Waals surface area (Å²) in [6.07, 6.45) is 6.96.